The van der Waals surface area contributed by atoms with Crippen molar-refractivity contribution in [2.75, 3.05) is 13.2 Å². The van der Waals surface area contributed by atoms with Crippen molar-refractivity contribution in [1.82, 2.24) is 5.32 Å². The molecule has 0 aromatic carbocycles. The average molecular weight is 959 g/mol. The number of rotatable bonds is 57. The van der Waals surface area contributed by atoms with E-state index in [1.807, 2.05) is 0 Å². The summed E-state index contributed by atoms with van der Waals surface area (Å²) in [4.78, 5) is 24.5. The van der Waals surface area contributed by atoms with Crippen LogP contribution in [-0.2, 0) is 14.3 Å². The summed E-state index contributed by atoms with van der Waals surface area (Å²) in [5.74, 6) is -0.0666. The number of hydrogen-bond donors (Lipinski definition) is 3. The van der Waals surface area contributed by atoms with E-state index in [0.29, 0.717) is 25.9 Å². The SMILES string of the molecule is CCCCC/C=C\CCCCCCCC(=O)OCCCCCC/C=C\CCCCCCCCCC(=O)NC(CO)C(O)CCCCCCCCCCCCCCCCCCCCCCCCCC. The Balaban J connectivity index is 3.47. The van der Waals surface area contributed by atoms with Gasteiger partial charge in [-0.3, -0.25) is 9.59 Å². The fraction of sp³-hybridized carbons (Fsp3) is 0.903. The number of ether oxygens (including phenoxy) is 1. The van der Waals surface area contributed by atoms with Crippen molar-refractivity contribution in [2.45, 2.75) is 347 Å². The molecule has 0 bridgehead atoms. The van der Waals surface area contributed by atoms with E-state index in [2.05, 4.69) is 43.5 Å². The van der Waals surface area contributed by atoms with Crippen molar-refractivity contribution in [2.24, 2.45) is 0 Å². The Morgan fingerprint density at radius 2 is 0.691 bits per heavy atom. The zero-order chi connectivity index (χ0) is 49.3. The maximum absolute atomic E-state index is 12.5. The van der Waals surface area contributed by atoms with Gasteiger partial charge >= 0.3 is 5.97 Å². The third kappa shape index (κ3) is 53.7. The molecule has 0 saturated carbocycles. The van der Waals surface area contributed by atoms with Crippen LogP contribution in [0.15, 0.2) is 24.3 Å². The zero-order valence-electron chi connectivity index (χ0n) is 45.9. The zero-order valence-corrected chi connectivity index (χ0v) is 45.9. The van der Waals surface area contributed by atoms with Crippen LogP contribution in [0.3, 0.4) is 0 Å². The van der Waals surface area contributed by atoms with E-state index < -0.39 is 12.1 Å². The number of carbonyl (C=O) groups excluding carboxylic acids is 2. The molecule has 2 unspecified atom stereocenters. The fourth-order valence-corrected chi connectivity index (χ4v) is 9.51. The van der Waals surface area contributed by atoms with Crippen molar-refractivity contribution >= 4 is 11.9 Å². The Kier molecular flexibility index (Phi) is 56.5. The first kappa shape index (κ1) is 66.3. The first-order valence-electron chi connectivity index (χ1n) is 30.6. The number of carbonyl (C=O) groups is 2. The maximum Gasteiger partial charge on any atom is 0.305 e. The average Bonchev–Trinajstić information content (AvgIpc) is 3.34. The molecule has 402 valence electrons. The molecule has 0 aliphatic carbocycles. The Bertz CT molecular complexity index is 1060. The highest BCUT2D eigenvalue weighted by atomic mass is 16.5. The number of unbranched alkanes of at least 4 members (excludes halogenated alkanes) is 42. The molecule has 0 radical (unpaired) electrons. The van der Waals surface area contributed by atoms with Crippen LogP contribution < -0.4 is 5.32 Å². The summed E-state index contributed by atoms with van der Waals surface area (Å²) >= 11 is 0. The number of nitrogens with one attached hydrogen (secondary N) is 1. The van der Waals surface area contributed by atoms with Gasteiger partial charge < -0.3 is 20.3 Å². The standard InChI is InChI=1S/C62H119NO5/c1-3-5-7-9-11-13-15-17-18-19-20-21-22-23-24-25-26-28-31-34-38-42-46-50-54-60(65)59(58-64)63-61(66)55-51-47-43-39-35-32-29-27-30-33-37-41-45-49-53-57-68-62(67)56-52-48-44-40-36-16-14-12-10-8-6-4-2/h12,14,30,33,59-60,64-65H,3-11,13,15-29,31-32,34-58H2,1-2H3,(H,63,66)/b14-12-,33-30-. The highest BCUT2D eigenvalue weighted by Gasteiger charge is 2.20. The summed E-state index contributed by atoms with van der Waals surface area (Å²) in [7, 11) is 0. The van der Waals surface area contributed by atoms with Gasteiger partial charge in [0.2, 0.25) is 5.91 Å². The first-order valence-corrected chi connectivity index (χ1v) is 30.6. The molecule has 0 saturated heterocycles. The second kappa shape index (κ2) is 57.9. The van der Waals surface area contributed by atoms with E-state index in [1.54, 1.807) is 0 Å². The highest BCUT2D eigenvalue weighted by Crippen LogP contribution is 2.18. The van der Waals surface area contributed by atoms with Crippen molar-refractivity contribution in [1.29, 1.82) is 0 Å². The molecule has 0 spiro atoms. The lowest BCUT2D eigenvalue weighted by Gasteiger charge is -2.22. The van der Waals surface area contributed by atoms with Gasteiger partial charge in [-0.2, -0.15) is 0 Å². The Hall–Kier alpha value is -1.66. The third-order valence-electron chi connectivity index (χ3n) is 14.2. The minimum atomic E-state index is -0.676. The largest absolute Gasteiger partial charge is 0.466 e. The highest BCUT2D eigenvalue weighted by molar-refractivity contribution is 5.76. The molecule has 6 nitrogen and oxygen atoms in total. The quantitative estimate of drug-likeness (QED) is 0.0321. The van der Waals surface area contributed by atoms with Crippen molar-refractivity contribution in [3.8, 4) is 0 Å². The number of esters is 1. The van der Waals surface area contributed by atoms with Crippen LogP contribution in [0.2, 0.25) is 0 Å². The van der Waals surface area contributed by atoms with Gasteiger partial charge in [-0.05, 0) is 77.0 Å². The number of allylic oxidation sites excluding steroid dienone is 4. The molecule has 0 heterocycles. The predicted octanol–water partition coefficient (Wildman–Crippen LogP) is 19.0. The lowest BCUT2D eigenvalue weighted by molar-refractivity contribution is -0.143. The van der Waals surface area contributed by atoms with E-state index >= 15 is 0 Å². The lowest BCUT2D eigenvalue weighted by atomic mass is 10.0. The van der Waals surface area contributed by atoms with E-state index in [1.165, 1.54) is 231 Å². The van der Waals surface area contributed by atoms with Crippen molar-refractivity contribution in [3.63, 3.8) is 0 Å². The predicted molar refractivity (Wildman–Crippen MR) is 296 cm³/mol. The van der Waals surface area contributed by atoms with Crippen LogP contribution in [0.25, 0.3) is 0 Å². The number of aliphatic hydroxyl groups is 2. The number of amides is 1. The van der Waals surface area contributed by atoms with E-state index in [9.17, 15) is 19.8 Å². The van der Waals surface area contributed by atoms with Gasteiger partial charge in [0.1, 0.15) is 0 Å². The fourth-order valence-electron chi connectivity index (χ4n) is 9.51. The molecule has 0 aromatic rings. The van der Waals surface area contributed by atoms with Gasteiger partial charge in [-0.15, -0.1) is 0 Å². The second-order valence-corrected chi connectivity index (χ2v) is 21.0. The van der Waals surface area contributed by atoms with Crippen LogP contribution in [0, 0.1) is 0 Å². The maximum atomic E-state index is 12.5. The molecule has 0 rings (SSSR count). The van der Waals surface area contributed by atoms with Crippen molar-refractivity contribution < 1.29 is 24.5 Å². The van der Waals surface area contributed by atoms with E-state index in [0.717, 1.165) is 70.6 Å². The van der Waals surface area contributed by atoms with Crippen molar-refractivity contribution in [3.05, 3.63) is 24.3 Å². The smallest absolute Gasteiger partial charge is 0.305 e. The molecule has 0 aliphatic heterocycles. The van der Waals surface area contributed by atoms with Gasteiger partial charge in [-0.1, -0.05) is 269 Å². The van der Waals surface area contributed by atoms with Crippen LogP contribution in [0.5, 0.6) is 0 Å². The molecule has 2 atom stereocenters. The summed E-state index contributed by atoms with van der Waals surface area (Å²) in [5, 5.41) is 23.4. The van der Waals surface area contributed by atoms with Crippen LogP contribution in [0.1, 0.15) is 335 Å². The van der Waals surface area contributed by atoms with Gasteiger partial charge in [0, 0.05) is 12.8 Å². The Labute approximate surface area is 424 Å². The minimum Gasteiger partial charge on any atom is -0.466 e. The van der Waals surface area contributed by atoms with Gasteiger partial charge in [-0.25, -0.2) is 0 Å². The van der Waals surface area contributed by atoms with Crippen LogP contribution in [0.4, 0.5) is 0 Å². The molecule has 0 aliphatic rings. The first-order chi connectivity index (χ1) is 33.5. The molecule has 6 heteroatoms. The molecular formula is C62H119NO5. The summed E-state index contributed by atoms with van der Waals surface area (Å²) < 4.78 is 5.45. The topological polar surface area (TPSA) is 95.9 Å². The van der Waals surface area contributed by atoms with Gasteiger partial charge in [0.05, 0.1) is 25.4 Å². The Morgan fingerprint density at radius 1 is 0.397 bits per heavy atom. The second-order valence-electron chi connectivity index (χ2n) is 21.0. The molecule has 0 fully saturated rings. The summed E-state index contributed by atoms with van der Waals surface area (Å²) in [5.41, 5.74) is 0. The molecule has 0 aromatic heterocycles. The summed E-state index contributed by atoms with van der Waals surface area (Å²) in [6.07, 6.45) is 70.4. The molecule has 3 N–H and O–H groups in total. The van der Waals surface area contributed by atoms with Crippen LogP contribution >= 0.6 is 0 Å². The molecule has 68 heavy (non-hydrogen) atoms. The van der Waals surface area contributed by atoms with E-state index in [4.69, 9.17) is 4.74 Å². The number of aliphatic hydroxyl groups excluding tert-OH is 2. The number of hydrogen-bond acceptors (Lipinski definition) is 5. The summed E-state index contributed by atoms with van der Waals surface area (Å²) in [6.45, 7) is 4.91. The normalized spacial score (nSPS) is 12.7. The van der Waals surface area contributed by atoms with E-state index in [-0.39, 0.29) is 18.5 Å². The van der Waals surface area contributed by atoms with Gasteiger partial charge in [0.15, 0.2) is 0 Å². The lowest BCUT2D eigenvalue weighted by Crippen LogP contribution is -2.45. The summed E-state index contributed by atoms with van der Waals surface area (Å²) in [6, 6.07) is -0.554. The third-order valence-corrected chi connectivity index (χ3v) is 14.2. The molecular weight excluding hydrogens is 839 g/mol. The van der Waals surface area contributed by atoms with Gasteiger partial charge in [0.25, 0.3) is 0 Å². The minimum absolute atomic E-state index is 0.0194. The monoisotopic (exact) mass is 958 g/mol. The van der Waals surface area contributed by atoms with Crippen LogP contribution in [-0.4, -0.2) is 47.4 Å². The molecule has 1 amide bonds. The Morgan fingerprint density at radius 3 is 1.07 bits per heavy atom.